The van der Waals surface area contributed by atoms with E-state index < -0.39 is 0 Å². The average Bonchev–Trinajstić information content (AvgIpc) is 0.718. The van der Waals surface area contributed by atoms with Gasteiger partial charge in [0.05, 0.1) is 28.4 Å². The fraction of sp³-hybridized carbons (Fsp3) is 0. The van der Waals surface area contributed by atoms with Crippen molar-refractivity contribution in [3.05, 3.63) is 328 Å². The number of nitrogens with zero attached hydrogens (tertiary/aromatic N) is 6. The molecule has 86 heavy (non-hydrogen) atoms. The Balaban J connectivity index is 0.995. The minimum atomic E-state index is -0.184. The Hall–Kier alpha value is -11.2. The molecule has 0 spiro atoms. The molecule has 4 heterocycles. The second kappa shape index (κ2) is 20.3. The van der Waals surface area contributed by atoms with E-state index >= 15 is 0 Å². The van der Waals surface area contributed by atoms with E-state index in [-0.39, 0.29) is 13.4 Å². The van der Waals surface area contributed by atoms with E-state index in [1.807, 2.05) is 0 Å². The van der Waals surface area contributed by atoms with Crippen LogP contribution in [0.2, 0.25) is 0 Å². The molecule has 402 valence electrons. The number of rotatable bonds is 10. The lowest BCUT2D eigenvalue weighted by Gasteiger charge is -2.48. The van der Waals surface area contributed by atoms with E-state index in [1.165, 1.54) is 32.8 Å². The summed E-state index contributed by atoms with van der Waals surface area (Å²) in [6, 6.07) is 121. The van der Waals surface area contributed by atoms with Crippen molar-refractivity contribution in [3.63, 3.8) is 0 Å². The van der Waals surface area contributed by atoms with Crippen LogP contribution in [0.25, 0.3) is 0 Å². The maximum absolute atomic E-state index is 2.62. The Labute approximate surface area is 502 Å². The monoisotopic (exact) mass is 1100 g/mol. The Morgan fingerprint density at radius 1 is 0.209 bits per heavy atom. The summed E-state index contributed by atoms with van der Waals surface area (Å²) in [5.74, 6) is 0. The Morgan fingerprint density at radius 3 is 1.05 bits per heavy atom. The Morgan fingerprint density at radius 2 is 0.558 bits per heavy atom. The van der Waals surface area contributed by atoms with Gasteiger partial charge in [-0.05, 0) is 161 Å². The maximum Gasteiger partial charge on any atom is 0.252 e. The van der Waals surface area contributed by atoms with Crippen molar-refractivity contribution in [2.24, 2.45) is 0 Å². The fourth-order valence-corrected chi connectivity index (χ4v) is 14.2. The molecular formula is C78H54B2N6. The van der Waals surface area contributed by atoms with Crippen molar-refractivity contribution in [3.8, 4) is 0 Å². The predicted octanol–water partition coefficient (Wildman–Crippen LogP) is 16.8. The second-order valence-corrected chi connectivity index (χ2v) is 22.5. The number of hydrogen-bond donors (Lipinski definition) is 0. The molecule has 0 atom stereocenters. The summed E-state index contributed by atoms with van der Waals surface area (Å²) in [6.07, 6.45) is 0. The fourth-order valence-electron chi connectivity index (χ4n) is 14.2. The molecule has 0 saturated carbocycles. The van der Waals surface area contributed by atoms with Crippen molar-refractivity contribution in [2.45, 2.75) is 0 Å². The molecule has 4 aliphatic rings. The van der Waals surface area contributed by atoms with Gasteiger partial charge in [-0.1, -0.05) is 200 Å². The van der Waals surface area contributed by atoms with Crippen LogP contribution in [0, 0.1) is 0 Å². The second-order valence-electron chi connectivity index (χ2n) is 22.5. The van der Waals surface area contributed by atoms with Gasteiger partial charge in [0.25, 0.3) is 6.71 Å². The van der Waals surface area contributed by atoms with E-state index in [1.54, 1.807) is 0 Å². The van der Waals surface area contributed by atoms with Gasteiger partial charge < -0.3 is 29.4 Å². The normalized spacial score (nSPS) is 13.0. The van der Waals surface area contributed by atoms with Gasteiger partial charge in [-0.25, -0.2) is 0 Å². The summed E-state index contributed by atoms with van der Waals surface area (Å²) < 4.78 is 0. The van der Waals surface area contributed by atoms with Crippen LogP contribution in [0.15, 0.2) is 328 Å². The third kappa shape index (κ3) is 7.84. The average molecular weight is 1100 g/mol. The molecule has 13 aromatic carbocycles. The highest BCUT2D eigenvalue weighted by molar-refractivity contribution is 7.02. The molecule has 0 saturated heterocycles. The molecule has 0 fully saturated rings. The zero-order chi connectivity index (χ0) is 56.7. The summed E-state index contributed by atoms with van der Waals surface area (Å²) >= 11 is 0. The third-order valence-corrected chi connectivity index (χ3v) is 17.7. The van der Waals surface area contributed by atoms with Crippen LogP contribution in [0.1, 0.15) is 0 Å². The van der Waals surface area contributed by atoms with Gasteiger partial charge in [0.15, 0.2) is 0 Å². The van der Waals surface area contributed by atoms with Gasteiger partial charge in [0, 0.05) is 73.9 Å². The minimum Gasteiger partial charge on any atom is -0.311 e. The van der Waals surface area contributed by atoms with Crippen molar-refractivity contribution < 1.29 is 0 Å². The van der Waals surface area contributed by atoms with Crippen LogP contribution in [-0.2, 0) is 0 Å². The standard InChI is InChI=1S/C78H54B2N6/c1-9-29-55(30-10-1)79-66-53-67-72(54-73(66)86-71-48-28-27-47-70(71)84(61-41-21-7-22-42-61)76-52-63(49-68(79)78(76)86)81(56-31-11-2-12-32-56)57-33-13-3-14-34-57)85(62-43-23-8-24-44-62)75-51-64(82(58-35-15-4-16-36-58)59-37-17-5-18-38-59)50-74-77(75)80(67)65-45-25-26-46-69(65)83(74)60-39-19-6-20-40-60/h1-54H. The molecule has 0 aromatic heterocycles. The van der Waals surface area contributed by atoms with Crippen LogP contribution in [0.4, 0.5) is 102 Å². The van der Waals surface area contributed by atoms with Gasteiger partial charge in [-0.2, -0.15) is 0 Å². The van der Waals surface area contributed by atoms with Crippen LogP contribution < -0.4 is 62.2 Å². The third-order valence-electron chi connectivity index (χ3n) is 17.7. The first-order chi connectivity index (χ1) is 42.7. The number of hydrogen-bond acceptors (Lipinski definition) is 6. The first kappa shape index (κ1) is 49.4. The SMILES string of the molecule is c1ccc(B2c3cc4c(cc3N3c5ccccc5N(c5ccccc5)c5cc(N(c6ccccc6)c6ccccc6)cc2c53)N(c2ccccc2)c2cc(N(c3ccccc3)c3ccccc3)cc3c2B4c2ccccc2N3c2ccccc2)cc1. The molecule has 17 rings (SSSR count). The zero-order valence-corrected chi connectivity index (χ0v) is 47.0. The highest BCUT2D eigenvalue weighted by Crippen LogP contribution is 2.57. The van der Waals surface area contributed by atoms with Gasteiger partial charge in [0.1, 0.15) is 0 Å². The highest BCUT2D eigenvalue weighted by Gasteiger charge is 2.48. The van der Waals surface area contributed by atoms with E-state index in [4.69, 9.17) is 0 Å². The molecule has 13 aromatic rings. The lowest BCUT2D eigenvalue weighted by atomic mass is 9.30. The molecule has 0 amide bonds. The van der Waals surface area contributed by atoms with E-state index in [0.29, 0.717) is 0 Å². The van der Waals surface area contributed by atoms with Gasteiger partial charge >= 0.3 is 0 Å². The smallest absolute Gasteiger partial charge is 0.252 e. The quantitative estimate of drug-likeness (QED) is 0.126. The van der Waals surface area contributed by atoms with Crippen molar-refractivity contribution >= 4 is 149 Å². The number of benzene rings is 13. The van der Waals surface area contributed by atoms with Crippen LogP contribution in [-0.4, -0.2) is 13.4 Å². The Kier molecular flexibility index (Phi) is 11.7. The van der Waals surface area contributed by atoms with E-state index in [9.17, 15) is 0 Å². The summed E-state index contributed by atoms with van der Waals surface area (Å²) in [7, 11) is 0. The lowest BCUT2D eigenvalue weighted by Crippen LogP contribution is -2.64. The van der Waals surface area contributed by atoms with Crippen molar-refractivity contribution in [1.82, 2.24) is 0 Å². The van der Waals surface area contributed by atoms with E-state index in [2.05, 4.69) is 357 Å². The van der Waals surface area contributed by atoms with Crippen molar-refractivity contribution in [2.75, 3.05) is 29.4 Å². The van der Waals surface area contributed by atoms with E-state index in [0.717, 1.165) is 102 Å². The molecule has 0 radical (unpaired) electrons. The molecule has 0 N–H and O–H groups in total. The van der Waals surface area contributed by atoms with Crippen LogP contribution in [0.3, 0.4) is 0 Å². The number of fused-ring (bicyclic) bond motifs is 8. The molecule has 6 nitrogen and oxygen atoms in total. The zero-order valence-electron chi connectivity index (χ0n) is 47.0. The number of anilines is 18. The molecule has 0 unspecified atom stereocenters. The van der Waals surface area contributed by atoms with Crippen molar-refractivity contribution in [1.29, 1.82) is 0 Å². The van der Waals surface area contributed by atoms with Crippen LogP contribution in [0.5, 0.6) is 0 Å². The van der Waals surface area contributed by atoms with Gasteiger partial charge in [-0.15, -0.1) is 0 Å². The maximum atomic E-state index is 2.62. The minimum absolute atomic E-state index is 0.152. The molecule has 4 aliphatic heterocycles. The largest absolute Gasteiger partial charge is 0.311 e. The molecule has 8 heteroatoms. The first-order valence-corrected chi connectivity index (χ1v) is 29.7. The first-order valence-electron chi connectivity index (χ1n) is 29.7. The topological polar surface area (TPSA) is 19.4 Å². The Bertz CT molecular complexity index is 4300. The highest BCUT2D eigenvalue weighted by atomic mass is 15.3. The summed E-state index contributed by atoms with van der Waals surface area (Å²) in [5, 5.41) is 0. The summed E-state index contributed by atoms with van der Waals surface area (Å²) in [5.41, 5.74) is 27.4. The van der Waals surface area contributed by atoms with Gasteiger partial charge in [-0.3, -0.25) is 0 Å². The molecular weight excluding hydrogens is 1040 g/mol. The molecule has 0 bridgehead atoms. The van der Waals surface area contributed by atoms with Gasteiger partial charge in [0.2, 0.25) is 6.71 Å². The van der Waals surface area contributed by atoms with Crippen LogP contribution >= 0.6 is 0 Å². The summed E-state index contributed by atoms with van der Waals surface area (Å²) in [6.45, 7) is -0.336. The lowest BCUT2D eigenvalue weighted by molar-refractivity contribution is 1.16. The predicted molar refractivity (Wildman–Crippen MR) is 364 cm³/mol. The molecule has 0 aliphatic carbocycles. The summed E-state index contributed by atoms with van der Waals surface area (Å²) in [4.78, 5) is 15.0. The number of para-hydroxylation sites is 10.